The smallest absolute Gasteiger partial charge is 0.158 e. The Labute approximate surface area is 113 Å². The van der Waals surface area contributed by atoms with E-state index in [4.69, 9.17) is 16.3 Å². The van der Waals surface area contributed by atoms with Gasteiger partial charge in [0, 0.05) is 25.8 Å². The molecular weight excluding hydrogens is 250 g/mol. The lowest BCUT2D eigenvalue weighted by Crippen LogP contribution is -2.33. The van der Waals surface area contributed by atoms with E-state index >= 15 is 0 Å². The second kappa shape index (κ2) is 6.34. The number of anilines is 1. The lowest BCUT2D eigenvalue weighted by molar-refractivity contribution is 0.178. The Morgan fingerprint density at radius 1 is 1.39 bits per heavy atom. The molecule has 0 amide bonds. The number of ether oxygens (including phenoxy) is 1. The van der Waals surface area contributed by atoms with E-state index in [0.717, 1.165) is 12.4 Å². The summed E-state index contributed by atoms with van der Waals surface area (Å²) in [5.74, 6) is 1.58. The first kappa shape index (κ1) is 13.6. The highest BCUT2D eigenvalue weighted by molar-refractivity contribution is 6.29. The Balaban J connectivity index is 2.24. The number of methoxy groups -OCH3 is 1. The van der Waals surface area contributed by atoms with Crippen molar-refractivity contribution >= 4 is 17.4 Å². The fraction of sp³-hybridized carbons (Fsp3) is 0.692. The fourth-order valence-corrected chi connectivity index (χ4v) is 2.60. The van der Waals surface area contributed by atoms with Crippen LogP contribution < -0.4 is 4.90 Å². The molecule has 0 saturated carbocycles. The zero-order valence-electron chi connectivity index (χ0n) is 11.0. The number of aromatic nitrogens is 2. The number of halogens is 1. The molecule has 0 N–H and O–H groups in total. The molecular formula is C13H20ClN3O. The first-order valence-corrected chi connectivity index (χ1v) is 6.87. The quantitative estimate of drug-likeness (QED) is 0.791. The highest BCUT2D eigenvalue weighted by Crippen LogP contribution is 2.24. The Hall–Kier alpha value is -0.870. The third kappa shape index (κ3) is 3.33. The van der Waals surface area contributed by atoms with E-state index < -0.39 is 0 Å². The lowest BCUT2D eigenvalue weighted by Gasteiger charge is -2.28. The van der Waals surface area contributed by atoms with Crippen LogP contribution in [0.15, 0.2) is 6.07 Å². The molecule has 0 aliphatic carbocycles. The van der Waals surface area contributed by atoms with Crippen molar-refractivity contribution in [3.05, 3.63) is 17.0 Å². The topological polar surface area (TPSA) is 38.2 Å². The van der Waals surface area contributed by atoms with Crippen LogP contribution in [0.25, 0.3) is 0 Å². The molecule has 5 heteroatoms. The van der Waals surface area contributed by atoms with E-state index in [1.807, 2.05) is 6.07 Å². The van der Waals surface area contributed by atoms with Gasteiger partial charge in [0.2, 0.25) is 0 Å². The summed E-state index contributed by atoms with van der Waals surface area (Å²) in [7, 11) is 1.64. The van der Waals surface area contributed by atoms with Gasteiger partial charge in [-0.25, -0.2) is 9.97 Å². The summed E-state index contributed by atoms with van der Waals surface area (Å²) in [6.45, 7) is 3.69. The molecule has 1 saturated heterocycles. The minimum atomic E-state index is 0.399. The monoisotopic (exact) mass is 269 g/mol. The van der Waals surface area contributed by atoms with E-state index in [1.54, 1.807) is 7.11 Å². The Bertz CT molecular complexity index is 400. The predicted molar refractivity (Wildman–Crippen MR) is 73.0 cm³/mol. The van der Waals surface area contributed by atoms with Gasteiger partial charge in [-0.1, -0.05) is 24.4 Å². The molecule has 0 bridgehead atoms. The molecule has 100 valence electrons. The SMILES string of the molecule is COCc1nc(Cl)cc(N2CCCCCC2C)n1. The molecule has 1 aliphatic heterocycles. The molecule has 1 aromatic rings. The number of nitrogens with zero attached hydrogens (tertiary/aromatic N) is 3. The van der Waals surface area contributed by atoms with E-state index in [2.05, 4.69) is 21.8 Å². The summed E-state index contributed by atoms with van der Waals surface area (Å²) in [6, 6.07) is 2.36. The molecule has 1 fully saturated rings. The summed E-state index contributed by atoms with van der Waals surface area (Å²) in [5.41, 5.74) is 0. The summed E-state index contributed by atoms with van der Waals surface area (Å²) in [6.07, 6.45) is 5.01. The van der Waals surface area contributed by atoms with Crippen LogP contribution in [0.1, 0.15) is 38.4 Å². The molecule has 0 spiro atoms. The Morgan fingerprint density at radius 3 is 3.00 bits per heavy atom. The van der Waals surface area contributed by atoms with Gasteiger partial charge in [0.05, 0.1) is 0 Å². The number of hydrogen-bond donors (Lipinski definition) is 0. The highest BCUT2D eigenvalue weighted by Gasteiger charge is 2.19. The molecule has 1 atom stereocenters. The van der Waals surface area contributed by atoms with Crippen molar-refractivity contribution in [2.24, 2.45) is 0 Å². The average molecular weight is 270 g/mol. The first-order chi connectivity index (χ1) is 8.70. The van der Waals surface area contributed by atoms with E-state index in [9.17, 15) is 0 Å². The fourth-order valence-electron chi connectivity index (χ4n) is 2.41. The Kier molecular flexibility index (Phi) is 4.78. The zero-order valence-corrected chi connectivity index (χ0v) is 11.8. The highest BCUT2D eigenvalue weighted by atomic mass is 35.5. The van der Waals surface area contributed by atoms with Crippen LogP contribution in [-0.2, 0) is 11.3 Å². The maximum absolute atomic E-state index is 6.06. The molecule has 2 rings (SSSR count). The van der Waals surface area contributed by atoms with Crippen LogP contribution in [0.2, 0.25) is 5.15 Å². The van der Waals surface area contributed by atoms with Crippen molar-refractivity contribution in [3.63, 3.8) is 0 Å². The van der Waals surface area contributed by atoms with E-state index in [1.165, 1.54) is 25.7 Å². The standard InChI is InChI=1S/C13H20ClN3O/c1-10-6-4-3-5-7-17(10)13-8-11(14)15-12(16-13)9-18-2/h8,10H,3-7,9H2,1-2H3. The Morgan fingerprint density at radius 2 is 2.22 bits per heavy atom. The van der Waals surface area contributed by atoms with Crippen LogP contribution in [0, 0.1) is 0 Å². The third-order valence-electron chi connectivity index (χ3n) is 3.35. The zero-order chi connectivity index (χ0) is 13.0. The van der Waals surface area contributed by atoms with Crippen molar-refractivity contribution < 1.29 is 4.74 Å². The van der Waals surface area contributed by atoms with Gasteiger partial charge in [0.25, 0.3) is 0 Å². The van der Waals surface area contributed by atoms with E-state index in [0.29, 0.717) is 23.6 Å². The van der Waals surface area contributed by atoms with Gasteiger partial charge >= 0.3 is 0 Å². The van der Waals surface area contributed by atoms with Crippen LogP contribution in [0.5, 0.6) is 0 Å². The molecule has 1 unspecified atom stereocenters. The molecule has 0 radical (unpaired) electrons. The molecule has 2 heterocycles. The van der Waals surface area contributed by atoms with E-state index in [-0.39, 0.29) is 0 Å². The normalized spacial score (nSPS) is 20.8. The van der Waals surface area contributed by atoms with Crippen molar-refractivity contribution in [1.29, 1.82) is 0 Å². The molecule has 1 aromatic heterocycles. The molecule has 18 heavy (non-hydrogen) atoms. The van der Waals surface area contributed by atoms with Gasteiger partial charge in [-0.3, -0.25) is 0 Å². The summed E-state index contributed by atoms with van der Waals surface area (Å²) in [5, 5.41) is 0.489. The van der Waals surface area contributed by atoms with Crippen molar-refractivity contribution in [1.82, 2.24) is 9.97 Å². The minimum absolute atomic E-state index is 0.399. The first-order valence-electron chi connectivity index (χ1n) is 6.49. The van der Waals surface area contributed by atoms with Gasteiger partial charge in [-0.15, -0.1) is 0 Å². The van der Waals surface area contributed by atoms with Crippen molar-refractivity contribution in [3.8, 4) is 0 Å². The van der Waals surface area contributed by atoms with Crippen LogP contribution >= 0.6 is 11.6 Å². The van der Waals surface area contributed by atoms with Crippen LogP contribution in [0.4, 0.5) is 5.82 Å². The summed E-state index contributed by atoms with van der Waals surface area (Å²) >= 11 is 6.06. The largest absolute Gasteiger partial charge is 0.377 e. The van der Waals surface area contributed by atoms with Gasteiger partial charge < -0.3 is 9.64 Å². The van der Waals surface area contributed by atoms with Crippen LogP contribution in [-0.4, -0.2) is 29.7 Å². The number of rotatable bonds is 3. The third-order valence-corrected chi connectivity index (χ3v) is 3.54. The van der Waals surface area contributed by atoms with Crippen molar-refractivity contribution in [2.75, 3.05) is 18.6 Å². The molecule has 0 aromatic carbocycles. The van der Waals surface area contributed by atoms with Crippen molar-refractivity contribution in [2.45, 2.75) is 45.3 Å². The molecule has 1 aliphatic rings. The summed E-state index contributed by atoms with van der Waals surface area (Å²) < 4.78 is 5.07. The second-order valence-corrected chi connectivity index (χ2v) is 5.18. The van der Waals surface area contributed by atoms with Gasteiger partial charge in [0.1, 0.15) is 17.6 Å². The van der Waals surface area contributed by atoms with Gasteiger partial charge in [-0.2, -0.15) is 0 Å². The maximum Gasteiger partial charge on any atom is 0.158 e. The predicted octanol–water partition coefficient (Wildman–Crippen LogP) is 3.05. The summed E-state index contributed by atoms with van der Waals surface area (Å²) in [4.78, 5) is 11.0. The van der Waals surface area contributed by atoms with Gasteiger partial charge in [0.15, 0.2) is 5.82 Å². The number of hydrogen-bond acceptors (Lipinski definition) is 4. The van der Waals surface area contributed by atoms with Gasteiger partial charge in [-0.05, 0) is 19.8 Å². The average Bonchev–Trinajstić information content (AvgIpc) is 2.53. The lowest BCUT2D eigenvalue weighted by atomic mass is 10.1. The minimum Gasteiger partial charge on any atom is -0.377 e. The molecule has 4 nitrogen and oxygen atoms in total. The van der Waals surface area contributed by atoms with Crippen LogP contribution in [0.3, 0.4) is 0 Å². The maximum atomic E-state index is 6.06. The second-order valence-electron chi connectivity index (χ2n) is 4.79.